The first kappa shape index (κ1) is 8.75. The molecule has 1 fully saturated rings. The SMILES string of the molecule is O=C(O)c1cccc(Br)c1C1CC1. The van der Waals surface area contributed by atoms with Crippen LogP contribution in [-0.2, 0) is 0 Å². The summed E-state index contributed by atoms with van der Waals surface area (Å²) in [6.07, 6.45) is 2.23. The van der Waals surface area contributed by atoms with Gasteiger partial charge in [-0.3, -0.25) is 0 Å². The molecule has 3 heteroatoms. The molecule has 0 heterocycles. The van der Waals surface area contributed by atoms with Gasteiger partial charge in [-0.05, 0) is 36.5 Å². The Morgan fingerprint density at radius 1 is 1.46 bits per heavy atom. The predicted molar refractivity (Wildman–Crippen MR) is 53.1 cm³/mol. The molecule has 1 aromatic carbocycles. The topological polar surface area (TPSA) is 37.3 Å². The normalized spacial score (nSPS) is 15.8. The molecule has 0 aliphatic heterocycles. The molecule has 1 aliphatic rings. The largest absolute Gasteiger partial charge is 0.478 e. The van der Waals surface area contributed by atoms with E-state index in [4.69, 9.17) is 5.11 Å². The van der Waals surface area contributed by atoms with Crippen molar-refractivity contribution in [2.45, 2.75) is 18.8 Å². The zero-order valence-corrected chi connectivity index (χ0v) is 8.54. The fourth-order valence-corrected chi connectivity index (χ4v) is 2.20. The Hall–Kier alpha value is -0.830. The average molecular weight is 241 g/mol. The first-order valence-electron chi connectivity index (χ1n) is 4.22. The highest BCUT2D eigenvalue weighted by atomic mass is 79.9. The molecule has 1 aliphatic carbocycles. The third kappa shape index (κ3) is 1.61. The summed E-state index contributed by atoms with van der Waals surface area (Å²) in [4.78, 5) is 10.9. The highest BCUT2D eigenvalue weighted by Gasteiger charge is 2.29. The average Bonchev–Trinajstić information content (AvgIpc) is 2.86. The van der Waals surface area contributed by atoms with Crippen LogP contribution in [-0.4, -0.2) is 11.1 Å². The van der Waals surface area contributed by atoms with Gasteiger partial charge in [-0.25, -0.2) is 4.79 Å². The quantitative estimate of drug-likeness (QED) is 0.863. The fraction of sp³-hybridized carbons (Fsp3) is 0.300. The van der Waals surface area contributed by atoms with E-state index >= 15 is 0 Å². The smallest absolute Gasteiger partial charge is 0.336 e. The number of hydrogen-bond acceptors (Lipinski definition) is 1. The molecule has 1 saturated carbocycles. The number of carbonyl (C=O) groups is 1. The first-order valence-corrected chi connectivity index (χ1v) is 5.01. The number of benzene rings is 1. The Bertz CT molecular complexity index is 356. The van der Waals surface area contributed by atoms with E-state index in [0.717, 1.165) is 22.9 Å². The molecule has 0 aromatic heterocycles. The Kier molecular flexibility index (Phi) is 2.12. The number of halogens is 1. The van der Waals surface area contributed by atoms with Gasteiger partial charge in [-0.2, -0.15) is 0 Å². The van der Waals surface area contributed by atoms with Crippen LogP contribution in [0.3, 0.4) is 0 Å². The van der Waals surface area contributed by atoms with E-state index < -0.39 is 5.97 Å². The van der Waals surface area contributed by atoms with E-state index in [1.807, 2.05) is 6.07 Å². The zero-order valence-electron chi connectivity index (χ0n) is 6.96. The number of aromatic carboxylic acids is 1. The van der Waals surface area contributed by atoms with Gasteiger partial charge in [0.1, 0.15) is 0 Å². The standard InChI is InChI=1S/C10H9BrO2/c11-8-3-1-2-7(10(12)13)9(8)6-4-5-6/h1-3,6H,4-5H2,(H,12,13). The lowest BCUT2D eigenvalue weighted by atomic mass is 10.0. The molecule has 0 bridgehead atoms. The van der Waals surface area contributed by atoms with Crippen molar-refractivity contribution in [3.63, 3.8) is 0 Å². The summed E-state index contributed by atoms with van der Waals surface area (Å²) in [6.45, 7) is 0. The maximum absolute atomic E-state index is 10.9. The van der Waals surface area contributed by atoms with Crippen molar-refractivity contribution in [2.75, 3.05) is 0 Å². The summed E-state index contributed by atoms with van der Waals surface area (Å²) in [7, 11) is 0. The van der Waals surface area contributed by atoms with Crippen molar-refractivity contribution >= 4 is 21.9 Å². The van der Waals surface area contributed by atoms with Crippen LogP contribution < -0.4 is 0 Å². The van der Waals surface area contributed by atoms with E-state index in [9.17, 15) is 4.79 Å². The van der Waals surface area contributed by atoms with Crippen LogP contribution >= 0.6 is 15.9 Å². The molecule has 68 valence electrons. The molecule has 1 N–H and O–H groups in total. The monoisotopic (exact) mass is 240 g/mol. The summed E-state index contributed by atoms with van der Waals surface area (Å²) in [5.41, 5.74) is 1.41. The number of rotatable bonds is 2. The van der Waals surface area contributed by atoms with Crippen LogP contribution in [0, 0.1) is 0 Å². The Balaban J connectivity index is 2.53. The summed E-state index contributed by atoms with van der Waals surface area (Å²) in [5, 5.41) is 8.95. The van der Waals surface area contributed by atoms with E-state index in [0.29, 0.717) is 11.5 Å². The van der Waals surface area contributed by atoms with E-state index in [-0.39, 0.29) is 0 Å². The highest BCUT2D eigenvalue weighted by Crippen LogP contribution is 2.44. The predicted octanol–water partition coefficient (Wildman–Crippen LogP) is 3.02. The van der Waals surface area contributed by atoms with Gasteiger partial charge in [-0.15, -0.1) is 0 Å². The van der Waals surface area contributed by atoms with Crippen LogP contribution in [0.25, 0.3) is 0 Å². The summed E-state index contributed by atoms with van der Waals surface area (Å²) < 4.78 is 0.926. The number of carboxylic acid groups (broad SMARTS) is 1. The number of hydrogen-bond donors (Lipinski definition) is 1. The van der Waals surface area contributed by atoms with Gasteiger partial charge < -0.3 is 5.11 Å². The minimum absolute atomic E-state index is 0.442. The van der Waals surface area contributed by atoms with Gasteiger partial charge in [0.2, 0.25) is 0 Å². The van der Waals surface area contributed by atoms with Gasteiger partial charge >= 0.3 is 5.97 Å². The molecule has 2 nitrogen and oxygen atoms in total. The molecule has 0 spiro atoms. The maximum Gasteiger partial charge on any atom is 0.336 e. The van der Waals surface area contributed by atoms with Gasteiger partial charge in [-0.1, -0.05) is 22.0 Å². The lowest BCUT2D eigenvalue weighted by molar-refractivity contribution is 0.0695. The maximum atomic E-state index is 10.9. The van der Waals surface area contributed by atoms with Crippen molar-refractivity contribution in [3.05, 3.63) is 33.8 Å². The first-order chi connectivity index (χ1) is 6.20. The van der Waals surface area contributed by atoms with Gasteiger partial charge in [0, 0.05) is 4.47 Å². The lowest BCUT2D eigenvalue weighted by Crippen LogP contribution is -2.01. The molecule has 2 rings (SSSR count). The molecular formula is C10H9BrO2. The van der Waals surface area contributed by atoms with Crippen LogP contribution in [0.5, 0.6) is 0 Å². The van der Waals surface area contributed by atoms with Crippen LogP contribution in [0.2, 0.25) is 0 Å². The Labute approximate surface area is 84.7 Å². The Morgan fingerprint density at radius 2 is 2.15 bits per heavy atom. The molecule has 0 unspecified atom stereocenters. The fourth-order valence-electron chi connectivity index (χ4n) is 1.51. The van der Waals surface area contributed by atoms with Crippen molar-refractivity contribution in [1.29, 1.82) is 0 Å². The highest BCUT2D eigenvalue weighted by molar-refractivity contribution is 9.10. The van der Waals surface area contributed by atoms with E-state index in [2.05, 4.69) is 15.9 Å². The van der Waals surface area contributed by atoms with Crippen LogP contribution in [0.4, 0.5) is 0 Å². The molecule has 1 aromatic rings. The summed E-state index contributed by atoms with van der Waals surface area (Å²) in [5.74, 6) is -0.370. The van der Waals surface area contributed by atoms with E-state index in [1.54, 1.807) is 12.1 Å². The molecular weight excluding hydrogens is 232 g/mol. The summed E-state index contributed by atoms with van der Waals surface area (Å²) in [6, 6.07) is 5.33. The van der Waals surface area contributed by atoms with Crippen molar-refractivity contribution in [1.82, 2.24) is 0 Å². The zero-order chi connectivity index (χ0) is 9.42. The minimum Gasteiger partial charge on any atom is -0.478 e. The second-order valence-electron chi connectivity index (χ2n) is 3.28. The number of carboxylic acids is 1. The van der Waals surface area contributed by atoms with Crippen molar-refractivity contribution in [2.24, 2.45) is 0 Å². The van der Waals surface area contributed by atoms with Gasteiger partial charge in [0.05, 0.1) is 5.56 Å². The molecule has 13 heavy (non-hydrogen) atoms. The minimum atomic E-state index is -0.830. The van der Waals surface area contributed by atoms with Crippen LogP contribution in [0.15, 0.2) is 22.7 Å². The summed E-state index contributed by atoms with van der Waals surface area (Å²) >= 11 is 3.39. The van der Waals surface area contributed by atoms with Crippen molar-refractivity contribution in [3.8, 4) is 0 Å². The lowest BCUT2D eigenvalue weighted by Gasteiger charge is -2.06. The Morgan fingerprint density at radius 3 is 2.69 bits per heavy atom. The van der Waals surface area contributed by atoms with Crippen LogP contribution in [0.1, 0.15) is 34.7 Å². The third-order valence-corrected chi connectivity index (χ3v) is 2.96. The van der Waals surface area contributed by atoms with E-state index in [1.165, 1.54) is 0 Å². The molecule has 0 atom stereocenters. The second kappa shape index (κ2) is 3.14. The van der Waals surface area contributed by atoms with Gasteiger partial charge in [0.15, 0.2) is 0 Å². The molecule has 0 amide bonds. The van der Waals surface area contributed by atoms with Gasteiger partial charge in [0.25, 0.3) is 0 Å². The third-order valence-electron chi connectivity index (χ3n) is 2.27. The molecule has 0 radical (unpaired) electrons. The second-order valence-corrected chi connectivity index (χ2v) is 4.13. The van der Waals surface area contributed by atoms with Crippen molar-refractivity contribution < 1.29 is 9.90 Å². The molecule has 0 saturated heterocycles.